The first kappa shape index (κ1) is 30.7. The van der Waals surface area contributed by atoms with Gasteiger partial charge in [0.2, 0.25) is 5.91 Å². The number of rotatable bonds is 11. The molecular formula is C30H25BrCl2N2O5S. The summed E-state index contributed by atoms with van der Waals surface area (Å²) in [6.07, 6.45) is 3.84. The smallest absolute Gasteiger partial charge is 0.294 e. The summed E-state index contributed by atoms with van der Waals surface area (Å²) in [6, 6.07) is 15.9. The van der Waals surface area contributed by atoms with Gasteiger partial charge in [-0.3, -0.25) is 19.3 Å². The van der Waals surface area contributed by atoms with Gasteiger partial charge in [-0.25, -0.2) is 0 Å². The van der Waals surface area contributed by atoms with Gasteiger partial charge in [0.1, 0.15) is 13.2 Å². The van der Waals surface area contributed by atoms with Crippen molar-refractivity contribution in [3.8, 4) is 11.5 Å². The maximum Gasteiger partial charge on any atom is 0.294 e. The van der Waals surface area contributed by atoms with E-state index in [1.807, 2.05) is 25.1 Å². The number of anilines is 1. The number of hydrogen-bond donors (Lipinski definition) is 1. The molecule has 0 aromatic heterocycles. The number of allylic oxidation sites excluding steroid dienone is 1. The lowest BCUT2D eigenvalue weighted by Crippen LogP contribution is -2.36. The van der Waals surface area contributed by atoms with Gasteiger partial charge in [-0.15, -0.1) is 6.58 Å². The van der Waals surface area contributed by atoms with Crippen LogP contribution in [-0.4, -0.2) is 35.1 Å². The molecule has 0 aliphatic carbocycles. The van der Waals surface area contributed by atoms with Crippen LogP contribution in [-0.2, 0) is 22.6 Å². The van der Waals surface area contributed by atoms with Crippen molar-refractivity contribution in [3.63, 3.8) is 0 Å². The Morgan fingerprint density at radius 2 is 1.85 bits per heavy atom. The molecule has 41 heavy (non-hydrogen) atoms. The second-order valence-corrected chi connectivity index (χ2v) is 11.5. The topological polar surface area (TPSA) is 84.9 Å². The summed E-state index contributed by atoms with van der Waals surface area (Å²) in [5, 5.41) is 3.17. The first-order chi connectivity index (χ1) is 19.7. The van der Waals surface area contributed by atoms with Crippen LogP contribution in [0.2, 0.25) is 10.0 Å². The van der Waals surface area contributed by atoms with E-state index in [0.29, 0.717) is 56.9 Å². The average Bonchev–Trinajstić information content (AvgIpc) is 3.18. The Balaban J connectivity index is 1.54. The molecule has 1 aliphatic rings. The van der Waals surface area contributed by atoms with E-state index < -0.39 is 23.6 Å². The summed E-state index contributed by atoms with van der Waals surface area (Å²) in [4.78, 5) is 39.4. The van der Waals surface area contributed by atoms with Crippen molar-refractivity contribution in [3.05, 3.63) is 103 Å². The molecule has 1 fully saturated rings. The number of amides is 3. The number of carbonyl (C=O) groups is 3. The van der Waals surface area contributed by atoms with E-state index in [-0.39, 0.29) is 4.91 Å². The summed E-state index contributed by atoms with van der Waals surface area (Å²) in [5.74, 6) is -0.0215. The lowest BCUT2D eigenvalue weighted by atomic mass is 10.0. The van der Waals surface area contributed by atoms with Crippen molar-refractivity contribution in [2.75, 3.05) is 18.5 Å². The van der Waals surface area contributed by atoms with E-state index in [4.69, 9.17) is 32.7 Å². The van der Waals surface area contributed by atoms with Gasteiger partial charge in [0, 0.05) is 20.7 Å². The highest BCUT2D eigenvalue weighted by atomic mass is 79.9. The second-order valence-electron chi connectivity index (χ2n) is 8.79. The largest absolute Gasteiger partial charge is 0.490 e. The predicted molar refractivity (Wildman–Crippen MR) is 168 cm³/mol. The Labute approximate surface area is 260 Å². The minimum absolute atomic E-state index is 0.191. The summed E-state index contributed by atoms with van der Waals surface area (Å²) >= 11 is 16.1. The zero-order valence-electron chi connectivity index (χ0n) is 21.9. The molecule has 1 aliphatic heterocycles. The molecule has 7 nitrogen and oxygen atoms in total. The molecule has 3 aromatic rings. The van der Waals surface area contributed by atoms with Crippen LogP contribution in [0.3, 0.4) is 0 Å². The third kappa shape index (κ3) is 7.95. The van der Waals surface area contributed by atoms with Gasteiger partial charge in [-0.05, 0) is 101 Å². The number of halogens is 3. The number of nitrogens with zero attached hydrogens (tertiary/aromatic N) is 1. The Morgan fingerprint density at radius 1 is 1.10 bits per heavy atom. The number of carbonyl (C=O) groups excluding carboxylic acids is 3. The Bertz CT molecular complexity index is 1530. The molecule has 3 aromatic carbocycles. The normalized spacial score (nSPS) is 14.0. The fraction of sp³-hybridized carbons (Fsp3) is 0.167. The summed E-state index contributed by atoms with van der Waals surface area (Å²) in [7, 11) is 0. The summed E-state index contributed by atoms with van der Waals surface area (Å²) < 4.78 is 12.7. The van der Waals surface area contributed by atoms with Crippen LogP contribution in [0.5, 0.6) is 11.5 Å². The molecule has 212 valence electrons. The van der Waals surface area contributed by atoms with E-state index in [9.17, 15) is 14.4 Å². The van der Waals surface area contributed by atoms with Gasteiger partial charge in [-0.2, -0.15) is 0 Å². The lowest BCUT2D eigenvalue weighted by Gasteiger charge is -2.17. The highest BCUT2D eigenvalue weighted by Crippen LogP contribution is 2.38. The number of ether oxygens (including phenoxy) is 2. The lowest BCUT2D eigenvalue weighted by molar-refractivity contribution is -0.127. The third-order valence-corrected chi connectivity index (χ3v) is 8.18. The number of imide groups is 1. The molecule has 0 saturated carbocycles. The molecule has 1 heterocycles. The monoisotopic (exact) mass is 674 g/mol. The maximum absolute atomic E-state index is 13.1. The Kier molecular flexibility index (Phi) is 10.6. The standard InChI is InChI=1S/C30H25BrCl2N2O5S/c1-3-5-20-12-19(13-25(39-4-2)28(20)40-17-18-6-8-21(32)9-7-18)14-26-29(37)35(30(38)41-26)16-27(36)34-22-10-11-23(31)24(33)15-22/h3,6-15H,1,4-5,16-17H2,2H3,(H,34,36)/b26-14-. The van der Waals surface area contributed by atoms with Crippen LogP contribution in [0.4, 0.5) is 10.5 Å². The van der Waals surface area contributed by atoms with E-state index >= 15 is 0 Å². The third-order valence-electron chi connectivity index (χ3n) is 5.79. The van der Waals surface area contributed by atoms with Gasteiger partial charge < -0.3 is 14.8 Å². The van der Waals surface area contributed by atoms with Crippen LogP contribution in [0.15, 0.2) is 76.6 Å². The van der Waals surface area contributed by atoms with Gasteiger partial charge >= 0.3 is 0 Å². The molecule has 0 unspecified atom stereocenters. The van der Waals surface area contributed by atoms with Crippen LogP contribution in [0, 0.1) is 0 Å². The van der Waals surface area contributed by atoms with Crippen molar-refractivity contribution >= 4 is 79.7 Å². The molecule has 0 atom stereocenters. The van der Waals surface area contributed by atoms with Crippen molar-refractivity contribution in [2.45, 2.75) is 20.0 Å². The van der Waals surface area contributed by atoms with Gasteiger partial charge in [0.05, 0.1) is 16.5 Å². The van der Waals surface area contributed by atoms with Gasteiger partial charge in [0.15, 0.2) is 11.5 Å². The molecule has 11 heteroatoms. The molecule has 1 saturated heterocycles. The number of thioether (sulfide) groups is 1. The van der Waals surface area contributed by atoms with Crippen LogP contribution in [0.25, 0.3) is 6.08 Å². The number of nitrogens with one attached hydrogen (secondary N) is 1. The van der Waals surface area contributed by atoms with E-state index in [2.05, 4.69) is 27.8 Å². The SMILES string of the molecule is C=CCc1cc(/C=C2\SC(=O)N(CC(=O)Nc3ccc(Br)c(Cl)c3)C2=O)cc(OCC)c1OCc1ccc(Cl)cc1. The van der Waals surface area contributed by atoms with Crippen LogP contribution < -0.4 is 14.8 Å². The Morgan fingerprint density at radius 3 is 2.54 bits per heavy atom. The van der Waals surface area contributed by atoms with Gasteiger partial charge in [-0.1, -0.05) is 41.4 Å². The number of benzene rings is 3. The highest BCUT2D eigenvalue weighted by Gasteiger charge is 2.36. The second kappa shape index (κ2) is 14.1. The van der Waals surface area contributed by atoms with E-state index in [0.717, 1.165) is 27.8 Å². The molecular weight excluding hydrogens is 651 g/mol. The predicted octanol–water partition coefficient (Wildman–Crippen LogP) is 8.14. The number of hydrogen-bond acceptors (Lipinski definition) is 6. The quantitative estimate of drug-likeness (QED) is 0.163. The fourth-order valence-electron chi connectivity index (χ4n) is 3.94. The minimum Gasteiger partial charge on any atom is -0.490 e. The average molecular weight is 676 g/mol. The van der Waals surface area contributed by atoms with E-state index in [1.54, 1.807) is 48.6 Å². The molecule has 1 N–H and O–H groups in total. The Hall–Kier alpha value is -3.24. The van der Waals surface area contributed by atoms with Crippen LogP contribution in [0.1, 0.15) is 23.6 Å². The molecule has 4 rings (SSSR count). The molecule has 3 amide bonds. The molecule has 0 radical (unpaired) electrons. The van der Waals surface area contributed by atoms with Crippen molar-refractivity contribution in [1.82, 2.24) is 4.90 Å². The van der Waals surface area contributed by atoms with Crippen molar-refractivity contribution in [1.29, 1.82) is 0 Å². The van der Waals surface area contributed by atoms with Gasteiger partial charge in [0.25, 0.3) is 11.1 Å². The zero-order chi connectivity index (χ0) is 29.5. The first-order valence-electron chi connectivity index (χ1n) is 12.5. The van der Waals surface area contributed by atoms with Crippen molar-refractivity contribution in [2.24, 2.45) is 0 Å². The van der Waals surface area contributed by atoms with Crippen LogP contribution >= 0.6 is 50.9 Å². The van der Waals surface area contributed by atoms with E-state index in [1.165, 1.54) is 0 Å². The molecule has 0 bridgehead atoms. The van der Waals surface area contributed by atoms with Crippen molar-refractivity contribution < 1.29 is 23.9 Å². The highest BCUT2D eigenvalue weighted by molar-refractivity contribution is 9.10. The zero-order valence-corrected chi connectivity index (χ0v) is 25.8. The fourth-order valence-corrected chi connectivity index (χ4v) is 5.33. The maximum atomic E-state index is 13.1. The summed E-state index contributed by atoms with van der Waals surface area (Å²) in [6.45, 7) is 5.97. The first-order valence-corrected chi connectivity index (χ1v) is 14.8. The molecule has 0 spiro atoms. The summed E-state index contributed by atoms with van der Waals surface area (Å²) in [5.41, 5.74) is 2.83. The minimum atomic E-state index is -0.560.